The highest BCUT2D eigenvalue weighted by Crippen LogP contribution is 2.30. The van der Waals surface area contributed by atoms with Gasteiger partial charge in [0.25, 0.3) is 5.89 Å². The summed E-state index contributed by atoms with van der Waals surface area (Å²) in [7, 11) is 0. The van der Waals surface area contributed by atoms with Crippen molar-refractivity contribution < 1.29 is 36.3 Å². The van der Waals surface area contributed by atoms with E-state index in [4.69, 9.17) is 14.0 Å². The van der Waals surface area contributed by atoms with Gasteiger partial charge in [-0.3, -0.25) is 4.84 Å². The van der Waals surface area contributed by atoms with Gasteiger partial charge in [0.2, 0.25) is 12.3 Å². The first kappa shape index (κ1) is 18.7. The molecular weight excluding hydrogens is 398 g/mol. The molecule has 0 spiro atoms. The summed E-state index contributed by atoms with van der Waals surface area (Å²) >= 11 is 0. The van der Waals surface area contributed by atoms with Crippen molar-refractivity contribution in [1.82, 2.24) is 15.7 Å². The van der Waals surface area contributed by atoms with Crippen LogP contribution in [0.3, 0.4) is 0 Å². The van der Waals surface area contributed by atoms with Crippen LogP contribution >= 0.6 is 0 Å². The lowest BCUT2D eigenvalue weighted by molar-refractivity contribution is -0.274. The molecule has 29 heavy (non-hydrogen) atoms. The van der Waals surface area contributed by atoms with E-state index in [2.05, 4.69) is 20.4 Å². The Balaban J connectivity index is 1.46. The van der Waals surface area contributed by atoms with Crippen molar-refractivity contribution in [1.29, 1.82) is 0 Å². The minimum atomic E-state index is -4.76. The van der Waals surface area contributed by atoms with E-state index >= 15 is 0 Å². The third kappa shape index (κ3) is 4.46. The molecule has 1 aromatic heterocycles. The molecule has 2 aromatic carbocycles. The molecule has 150 valence electrons. The van der Waals surface area contributed by atoms with E-state index < -0.39 is 18.3 Å². The molecule has 1 aliphatic rings. The Morgan fingerprint density at radius 1 is 1.03 bits per heavy atom. The number of alkyl halides is 3. The van der Waals surface area contributed by atoms with Crippen LogP contribution in [0.5, 0.6) is 11.5 Å². The van der Waals surface area contributed by atoms with E-state index in [1.807, 2.05) is 0 Å². The van der Waals surface area contributed by atoms with Crippen LogP contribution in [0.15, 0.2) is 65.2 Å². The van der Waals surface area contributed by atoms with Gasteiger partial charge in [-0.05, 0) is 35.9 Å². The van der Waals surface area contributed by atoms with E-state index in [-0.39, 0.29) is 28.8 Å². The number of halogens is 4. The van der Waals surface area contributed by atoms with Crippen LogP contribution in [-0.2, 0) is 4.84 Å². The maximum absolute atomic E-state index is 13.9. The number of ether oxygens (including phenoxy) is 2. The number of rotatable bonds is 5. The van der Waals surface area contributed by atoms with Gasteiger partial charge in [-0.2, -0.15) is 0 Å². The van der Waals surface area contributed by atoms with Gasteiger partial charge in [0, 0.05) is 6.08 Å². The van der Waals surface area contributed by atoms with E-state index in [0.717, 1.165) is 6.39 Å². The smallest absolute Gasteiger partial charge is 0.439 e. The Morgan fingerprint density at radius 3 is 2.48 bits per heavy atom. The summed E-state index contributed by atoms with van der Waals surface area (Å²) in [6.45, 7) is 0. The first-order chi connectivity index (χ1) is 13.9. The molecular formula is C18H11F4N3O4. The molecule has 2 heterocycles. The largest absolute Gasteiger partial charge is 0.573 e. The zero-order chi connectivity index (χ0) is 20.4. The summed E-state index contributed by atoms with van der Waals surface area (Å²) in [5.41, 5.74) is 3.19. The van der Waals surface area contributed by atoms with Crippen molar-refractivity contribution in [3.63, 3.8) is 0 Å². The lowest BCUT2D eigenvalue weighted by atomic mass is 10.1. The fraction of sp³-hybridized carbons (Fsp3) is 0.111. The minimum Gasteiger partial charge on any atom is -0.439 e. The lowest BCUT2D eigenvalue weighted by Gasteiger charge is -2.11. The van der Waals surface area contributed by atoms with Crippen LogP contribution < -0.4 is 15.0 Å². The van der Waals surface area contributed by atoms with Gasteiger partial charge in [-0.15, -0.1) is 23.4 Å². The van der Waals surface area contributed by atoms with Crippen molar-refractivity contribution in [3.05, 3.63) is 72.2 Å². The average molecular weight is 409 g/mol. The second kappa shape index (κ2) is 7.43. The zero-order valence-electron chi connectivity index (χ0n) is 14.3. The highest BCUT2D eigenvalue weighted by molar-refractivity contribution is 5.56. The van der Waals surface area contributed by atoms with Gasteiger partial charge in [-0.1, -0.05) is 12.1 Å². The number of hydrogen-bond donors (Lipinski definition) is 1. The molecule has 0 unspecified atom stereocenters. The molecule has 11 heteroatoms. The van der Waals surface area contributed by atoms with Crippen LogP contribution in [0.25, 0.3) is 11.5 Å². The monoisotopic (exact) mass is 409 g/mol. The summed E-state index contributed by atoms with van der Waals surface area (Å²) in [5, 5.41) is 7.16. The molecule has 0 amide bonds. The predicted octanol–water partition coefficient (Wildman–Crippen LogP) is 4.27. The minimum absolute atomic E-state index is 0.00315. The summed E-state index contributed by atoms with van der Waals surface area (Å²) in [6, 6.07) is 9.17. The lowest BCUT2D eigenvalue weighted by Crippen LogP contribution is -2.17. The molecule has 7 nitrogen and oxygen atoms in total. The number of hydrogen-bond acceptors (Lipinski definition) is 7. The van der Waals surface area contributed by atoms with Crippen molar-refractivity contribution in [3.8, 4) is 23.0 Å². The summed E-state index contributed by atoms with van der Waals surface area (Å²) in [4.78, 5) is 5.35. The number of hydroxylamine groups is 1. The molecule has 0 radical (unpaired) electrons. The van der Waals surface area contributed by atoms with Crippen LogP contribution in [0.4, 0.5) is 17.6 Å². The average Bonchev–Trinajstić information content (AvgIpc) is 3.35. The molecule has 0 saturated carbocycles. The van der Waals surface area contributed by atoms with Crippen molar-refractivity contribution in [2.75, 3.05) is 0 Å². The van der Waals surface area contributed by atoms with Crippen molar-refractivity contribution >= 4 is 0 Å². The van der Waals surface area contributed by atoms with Crippen LogP contribution in [-0.4, -0.2) is 16.6 Å². The SMILES string of the molecule is Fc1ccc(OC2=C[C@H](c3ccc(OC(F)(F)F)cc3)ON2)cc1-c1nnco1. The molecule has 1 atom stereocenters. The molecule has 0 saturated heterocycles. The summed E-state index contributed by atoms with van der Waals surface area (Å²) < 4.78 is 65.0. The first-order valence-corrected chi connectivity index (χ1v) is 8.10. The van der Waals surface area contributed by atoms with Crippen molar-refractivity contribution in [2.45, 2.75) is 12.5 Å². The molecule has 1 aliphatic heterocycles. The quantitative estimate of drug-likeness (QED) is 0.631. The first-order valence-electron chi connectivity index (χ1n) is 8.10. The molecule has 0 fully saturated rings. The Bertz CT molecular complexity index is 1020. The third-order valence-electron chi connectivity index (χ3n) is 3.79. The number of nitrogens with one attached hydrogen (secondary N) is 1. The molecule has 0 bridgehead atoms. The van der Waals surface area contributed by atoms with E-state index in [1.54, 1.807) is 6.08 Å². The van der Waals surface area contributed by atoms with Crippen LogP contribution in [0.2, 0.25) is 0 Å². The molecule has 3 aromatic rings. The Kier molecular flexibility index (Phi) is 4.80. The van der Waals surface area contributed by atoms with Gasteiger partial charge in [0.05, 0.1) is 5.56 Å². The standard InChI is InChI=1S/C18H11F4N3O4/c19-14-6-5-12(7-13(14)17-24-23-9-26-17)27-16-8-15(29-25-16)10-1-3-11(4-2-10)28-18(20,21)22/h1-9,15,25H/t15-/m1/s1. The van der Waals surface area contributed by atoms with Gasteiger partial charge >= 0.3 is 6.36 Å². The molecule has 1 N–H and O–H groups in total. The fourth-order valence-corrected chi connectivity index (χ4v) is 2.55. The Morgan fingerprint density at radius 2 is 1.79 bits per heavy atom. The van der Waals surface area contributed by atoms with E-state index in [0.29, 0.717) is 5.56 Å². The van der Waals surface area contributed by atoms with Crippen LogP contribution in [0, 0.1) is 5.82 Å². The zero-order valence-corrected chi connectivity index (χ0v) is 14.3. The number of aromatic nitrogens is 2. The normalized spacial score (nSPS) is 16.3. The molecule has 0 aliphatic carbocycles. The second-order valence-electron chi connectivity index (χ2n) is 5.78. The van der Waals surface area contributed by atoms with E-state index in [9.17, 15) is 17.6 Å². The van der Waals surface area contributed by atoms with Crippen molar-refractivity contribution in [2.24, 2.45) is 0 Å². The van der Waals surface area contributed by atoms with Gasteiger partial charge < -0.3 is 13.9 Å². The third-order valence-corrected chi connectivity index (χ3v) is 3.79. The van der Waals surface area contributed by atoms with Gasteiger partial charge in [-0.25, -0.2) is 9.87 Å². The predicted molar refractivity (Wildman–Crippen MR) is 88.5 cm³/mol. The number of benzene rings is 2. The van der Waals surface area contributed by atoms with E-state index in [1.165, 1.54) is 42.5 Å². The van der Waals surface area contributed by atoms with Gasteiger partial charge in [0.15, 0.2) is 0 Å². The van der Waals surface area contributed by atoms with Gasteiger partial charge in [0.1, 0.15) is 23.4 Å². The highest BCUT2D eigenvalue weighted by Gasteiger charge is 2.31. The Labute approximate surface area is 160 Å². The van der Waals surface area contributed by atoms with Crippen LogP contribution in [0.1, 0.15) is 11.7 Å². The fourth-order valence-electron chi connectivity index (χ4n) is 2.55. The summed E-state index contributed by atoms with van der Waals surface area (Å²) in [6.07, 6.45) is -2.73. The maximum atomic E-state index is 13.9. The number of nitrogens with zero attached hydrogens (tertiary/aromatic N) is 2. The molecule has 4 rings (SSSR count). The highest BCUT2D eigenvalue weighted by atomic mass is 19.4. The topological polar surface area (TPSA) is 78.6 Å². The maximum Gasteiger partial charge on any atom is 0.573 e. The second-order valence-corrected chi connectivity index (χ2v) is 5.78. The Hall–Kier alpha value is -3.60. The summed E-state index contributed by atoms with van der Waals surface area (Å²) in [5.74, 6) is -0.417.